The zero-order valence-electron chi connectivity index (χ0n) is 23.6. The number of nitrogens with one attached hydrogen (secondary N) is 1. The number of rotatable bonds is 10. The molecule has 11 heteroatoms. The van der Waals surface area contributed by atoms with Crippen molar-refractivity contribution in [2.24, 2.45) is 0 Å². The van der Waals surface area contributed by atoms with Crippen molar-refractivity contribution in [1.82, 2.24) is 10.2 Å². The van der Waals surface area contributed by atoms with E-state index in [4.69, 9.17) is 34.8 Å². The molecule has 7 nitrogen and oxygen atoms in total. The molecule has 0 aliphatic carbocycles. The van der Waals surface area contributed by atoms with Crippen molar-refractivity contribution in [3.8, 4) is 0 Å². The van der Waals surface area contributed by atoms with E-state index in [2.05, 4.69) is 5.32 Å². The van der Waals surface area contributed by atoms with E-state index < -0.39 is 34.1 Å². The van der Waals surface area contributed by atoms with Gasteiger partial charge in [0.15, 0.2) is 0 Å². The van der Waals surface area contributed by atoms with Crippen LogP contribution in [0.2, 0.25) is 15.1 Å². The predicted octanol–water partition coefficient (Wildman–Crippen LogP) is 6.87. The maximum Gasteiger partial charge on any atom is 0.264 e. The van der Waals surface area contributed by atoms with Crippen LogP contribution in [0, 0.1) is 6.92 Å². The van der Waals surface area contributed by atoms with Gasteiger partial charge in [0.25, 0.3) is 10.0 Å². The topological polar surface area (TPSA) is 86.8 Å². The molecule has 0 aromatic heterocycles. The molecule has 3 aromatic carbocycles. The van der Waals surface area contributed by atoms with Gasteiger partial charge in [-0.1, -0.05) is 72.1 Å². The maximum absolute atomic E-state index is 14.2. The first-order valence-electron chi connectivity index (χ1n) is 13.0. The second kappa shape index (κ2) is 13.5. The van der Waals surface area contributed by atoms with Crippen LogP contribution in [0.4, 0.5) is 5.69 Å². The van der Waals surface area contributed by atoms with Gasteiger partial charge in [-0.25, -0.2) is 8.42 Å². The molecule has 0 aliphatic rings. The number of hydrogen-bond donors (Lipinski definition) is 1. The third-order valence-corrected chi connectivity index (χ3v) is 9.13. The van der Waals surface area contributed by atoms with E-state index >= 15 is 0 Å². The highest BCUT2D eigenvalue weighted by molar-refractivity contribution is 7.92. The number of carbonyl (C=O) groups excluding carboxylic acids is 2. The molecular weight excluding hydrogens is 605 g/mol. The Hall–Kier alpha value is -2.78. The van der Waals surface area contributed by atoms with E-state index in [9.17, 15) is 18.0 Å². The summed E-state index contributed by atoms with van der Waals surface area (Å²) < 4.78 is 29.0. The SMILES string of the molecule is CC[C@@H](C(=O)NC(C)(C)C)N(Cc1ccc(Cl)cc1Cl)C(=O)CN(c1cccc(Cl)c1C)S(=O)(=O)c1ccccc1. The quantitative estimate of drug-likeness (QED) is 0.263. The van der Waals surface area contributed by atoms with Gasteiger partial charge >= 0.3 is 0 Å². The average Bonchev–Trinajstić information content (AvgIpc) is 2.89. The number of anilines is 1. The first kappa shape index (κ1) is 32.7. The Morgan fingerprint density at radius 3 is 2.17 bits per heavy atom. The summed E-state index contributed by atoms with van der Waals surface area (Å²) in [6, 6.07) is 16.7. The van der Waals surface area contributed by atoms with Gasteiger partial charge in [0, 0.05) is 27.2 Å². The molecule has 3 rings (SSSR count). The largest absolute Gasteiger partial charge is 0.350 e. The van der Waals surface area contributed by atoms with Crippen molar-refractivity contribution >= 4 is 62.3 Å². The lowest BCUT2D eigenvalue weighted by Gasteiger charge is -2.35. The molecule has 0 saturated heterocycles. The smallest absolute Gasteiger partial charge is 0.264 e. The minimum Gasteiger partial charge on any atom is -0.350 e. The Bertz CT molecular complexity index is 1510. The summed E-state index contributed by atoms with van der Waals surface area (Å²) in [4.78, 5) is 29.0. The average molecular weight is 639 g/mol. The third kappa shape index (κ3) is 8.16. The lowest BCUT2D eigenvalue weighted by atomic mass is 10.1. The van der Waals surface area contributed by atoms with Gasteiger partial charge in [0.05, 0.1) is 10.6 Å². The van der Waals surface area contributed by atoms with Crippen molar-refractivity contribution in [2.75, 3.05) is 10.8 Å². The van der Waals surface area contributed by atoms with Crippen LogP contribution in [-0.2, 0) is 26.2 Å². The van der Waals surface area contributed by atoms with Crippen LogP contribution in [0.3, 0.4) is 0 Å². The number of amides is 2. The summed E-state index contributed by atoms with van der Waals surface area (Å²) in [6.45, 7) is 8.38. The lowest BCUT2D eigenvalue weighted by molar-refractivity contribution is -0.141. The molecule has 0 bridgehead atoms. The van der Waals surface area contributed by atoms with Crippen molar-refractivity contribution in [2.45, 2.75) is 64.1 Å². The minimum absolute atomic E-state index is 0.0111. The van der Waals surface area contributed by atoms with Crippen LogP contribution < -0.4 is 9.62 Å². The number of sulfonamides is 1. The van der Waals surface area contributed by atoms with Crippen LogP contribution >= 0.6 is 34.8 Å². The summed E-state index contributed by atoms with van der Waals surface area (Å²) in [5.74, 6) is -0.958. The molecule has 0 heterocycles. The van der Waals surface area contributed by atoms with Crippen LogP contribution in [-0.4, -0.2) is 43.3 Å². The number of halogens is 3. The molecule has 220 valence electrons. The van der Waals surface area contributed by atoms with Gasteiger partial charge in [-0.15, -0.1) is 0 Å². The summed E-state index contributed by atoms with van der Waals surface area (Å²) >= 11 is 18.9. The van der Waals surface area contributed by atoms with E-state index in [1.54, 1.807) is 68.4 Å². The molecule has 41 heavy (non-hydrogen) atoms. The molecule has 0 aliphatic heterocycles. The Balaban J connectivity index is 2.13. The number of nitrogens with zero attached hydrogens (tertiary/aromatic N) is 2. The van der Waals surface area contributed by atoms with Gasteiger partial charge in [0.1, 0.15) is 12.6 Å². The van der Waals surface area contributed by atoms with Crippen LogP contribution in [0.15, 0.2) is 71.6 Å². The zero-order valence-corrected chi connectivity index (χ0v) is 26.7. The van der Waals surface area contributed by atoms with Crippen molar-refractivity contribution in [3.63, 3.8) is 0 Å². The fraction of sp³-hybridized carbons (Fsp3) is 0.333. The van der Waals surface area contributed by atoms with Gasteiger partial charge in [-0.3, -0.25) is 13.9 Å². The zero-order chi connectivity index (χ0) is 30.5. The molecule has 3 aromatic rings. The van der Waals surface area contributed by atoms with E-state index in [1.807, 2.05) is 20.8 Å². The van der Waals surface area contributed by atoms with Crippen LogP contribution in [0.25, 0.3) is 0 Å². The van der Waals surface area contributed by atoms with Crippen molar-refractivity contribution in [1.29, 1.82) is 0 Å². The second-order valence-corrected chi connectivity index (χ2v) is 13.7. The Kier molecular flexibility index (Phi) is 10.7. The van der Waals surface area contributed by atoms with Gasteiger partial charge in [-0.05, 0) is 81.6 Å². The molecule has 2 amide bonds. The van der Waals surface area contributed by atoms with Gasteiger partial charge < -0.3 is 10.2 Å². The highest BCUT2D eigenvalue weighted by atomic mass is 35.5. The van der Waals surface area contributed by atoms with E-state index in [0.717, 1.165) is 4.31 Å². The molecular formula is C30H34Cl3N3O4S. The summed E-state index contributed by atoms with van der Waals surface area (Å²) in [5, 5.41) is 4.03. The lowest BCUT2D eigenvalue weighted by Crippen LogP contribution is -2.55. The summed E-state index contributed by atoms with van der Waals surface area (Å²) in [5.41, 5.74) is 0.748. The monoisotopic (exact) mass is 637 g/mol. The van der Waals surface area contributed by atoms with Gasteiger partial charge in [0.2, 0.25) is 11.8 Å². The second-order valence-electron chi connectivity index (χ2n) is 10.6. The maximum atomic E-state index is 14.2. The normalized spacial score (nSPS) is 12.5. The number of benzene rings is 3. The molecule has 0 unspecified atom stereocenters. The Morgan fingerprint density at radius 1 is 0.927 bits per heavy atom. The highest BCUT2D eigenvalue weighted by Gasteiger charge is 2.35. The number of carbonyl (C=O) groups is 2. The summed E-state index contributed by atoms with van der Waals surface area (Å²) in [7, 11) is -4.21. The van der Waals surface area contributed by atoms with E-state index in [-0.39, 0.29) is 29.5 Å². The summed E-state index contributed by atoms with van der Waals surface area (Å²) in [6.07, 6.45) is 0.278. The van der Waals surface area contributed by atoms with Crippen molar-refractivity contribution in [3.05, 3.63) is 92.9 Å². The Morgan fingerprint density at radius 2 is 1.59 bits per heavy atom. The molecule has 0 saturated carbocycles. The highest BCUT2D eigenvalue weighted by Crippen LogP contribution is 2.32. The first-order chi connectivity index (χ1) is 19.2. The standard InChI is InChI=1S/C30H34Cl3N3O4S/c1-6-26(29(38)34-30(3,4)5)35(18-21-15-16-22(31)17-25(21)33)28(37)19-36(27-14-10-13-24(32)20(27)2)41(39,40)23-11-8-7-9-12-23/h7-17,26H,6,18-19H2,1-5H3,(H,34,38)/t26-/m0/s1. The van der Waals surface area contributed by atoms with Gasteiger partial charge in [-0.2, -0.15) is 0 Å². The molecule has 0 fully saturated rings. The first-order valence-corrected chi connectivity index (χ1v) is 15.6. The van der Waals surface area contributed by atoms with Crippen molar-refractivity contribution < 1.29 is 18.0 Å². The fourth-order valence-corrected chi connectivity index (χ4v) is 6.44. The molecule has 0 spiro atoms. The van der Waals surface area contributed by atoms with E-state index in [0.29, 0.717) is 26.2 Å². The third-order valence-electron chi connectivity index (χ3n) is 6.36. The minimum atomic E-state index is -4.21. The van der Waals surface area contributed by atoms with Crippen LogP contribution in [0.5, 0.6) is 0 Å². The predicted molar refractivity (Wildman–Crippen MR) is 166 cm³/mol. The van der Waals surface area contributed by atoms with E-state index in [1.165, 1.54) is 17.0 Å². The number of hydrogen-bond acceptors (Lipinski definition) is 4. The van der Waals surface area contributed by atoms with Crippen LogP contribution in [0.1, 0.15) is 45.2 Å². The Labute approximate surface area is 257 Å². The molecule has 1 atom stereocenters. The molecule has 0 radical (unpaired) electrons. The molecule has 1 N–H and O–H groups in total. The fourth-order valence-electron chi connectivity index (χ4n) is 4.31.